The molecule has 1 fully saturated rings. The number of anilines is 1. The zero-order valence-corrected chi connectivity index (χ0v) is 12.5. The molecule has 0 spiro atoms. The highest BCUT2D eigenvalue weighted by Crippen LogP contribution is 2.26. The average molecular weight is 341 g/mol. The van der Waals surface area contributed by atoms with E-state index in [0.717, 1.165) is 25.7 Å². The maximum absolute atomic E-state index is 12.2. The van der Waals surface area contributed by atoms with Crippen molar-refractivity contribution in [2.24, 2.45) is 11.7 Å². The van der Waals surface area contributed by atoms with Gasteiger partial charge in [-0.2, -0.15) is 0 Å². The Hall–Kier alpha value is -1.40. The highest BCUT2D eigenvalue weighted by molar-refractivity contribution is 9.10. The molecule has 4 N–H and O–H groups in total. The number of carboxylic acid groups (broad SMARTS) is 1. The van der Waals surface area contributed by atoms with Crippen molar-refractivity contribution in [3.8, 4) is 0 Å². The quantitative estimate of drug-likeness (QED) is 0.788. The molecule has 0 heterocycles. The number of hydrogen-bond donors (Lipinski definition) is 3. The van der Waals surface area contributed by atoms with Crippen LogP contribution in [0.4, 0.5) is 5.69 Å². The zero-order chi connectivity index (χ0) is 14.7. The van der Waals surface area contributed by atoms with Gasteiger partial charge in [0, 0.05) is 10.5 Å². The van der Waals surface area contributed by atoms with Gasteiger partial charge >= 0.3 is 5.97 Å². The van der Waals surface area contributed by atoms with Gasteiger partial charge in [0.25, 0.3) is 0 Å². The Morgan fingerprint density at radius 1 is 1.30 bits per heavy atom. The van der Waals surface area contributed by atoms with Gasteiger partial charge in [0.15, 0.2) is 0 Å². The molecule has 6 heteroatoms. The number of halogens is 1. The van der Waals surface area contributed by atoms with Crippen LogP contribution < -0.4 is 11.1 Å². The van der Waals surface area contributed by atoms with Gasteiger partial charge in [-0.05, 0) is 31.0 Å². The second-order valence-corrected chi connectivity index (χ2v) is 5.95. The molecule has 0 aromatic heterocycles. The standard InChI is InChI=1S/C14H17BrN2O3/c15-8-5-6-12(10(7-8)14(19)20)17-13(18)9-3-1-2-4-11(9)16/h5-7,9,11H,1-4,16H2,(H,17,18)(H,19,20). The van der Waals surface area contributed by atoms with E-state index in [1.807, 2.05) is 0 Å². The van der Waals surface area contributed by atoms with Crippen LogP contribution in [0.5, 0.6) is 0 Å². The van der Waals surface area contributed by atoms with Crippen molar-refractivity contribution in [1.82, 2.24) is 0 Å². The Kier molecular flexibility index (Phi) is 4.77. The highest BCUT2D eigenvalue weighted by Gasteiger charge is 2.28. The number of rotatable bonds is 3. The van der Waals surface area contributed by atoms with Crippen molar-refractivity contribution in [1.29, 1.82) is 0 Å². The van der Waals surface area contributed by atoms with Crippen molar-refractivity contribution in [2.45, 2.75) is 31.7 Å². The summed E-state index contributed by atoms with van der Waals surface area (Å²) in [6, 6.07) is 4.61. The highest BCUT2D eigenvalue weighted by atomic mass is 79.9. The summed E-state index contributed by atoms with van der Waals surface area (Å²) in [5.41, 5.74) is 6.35. The predicted octanol–water partition coefficient (Wildman–Crippen LogP) is 2.60. The van der Waals surface area contributed by atoms with Crippen molar-refractivity contribution in [3.05, 3.63) is 28.2 Å². The molecule has 1 aromatic carbocycles. The van der Waals surface area contributed by atoms with E-state index in [0.29, 0.717) is 10.2 Å². The lowest BCUT2D eigenvalue weighted by Gasteiger charge is -2.27. The molecule has 1 aliphatic rings. The molecular formula is C14H17BrN2O3. The van der Waals surface area contributed by atoms with Crippen molar-refractivity contribution >= 4 is 33.5 Å². The maximum atomic E-state index is 12.2. The summed E-state index contributed by atoms with van der Waals surface area (Å²) in [5, 5.41) is 11.9. The van der Waals surface area contributed by atoms with Gasteiger partial charge < -0.3 is 16.2 Å². The third-order valence-corrected chi connectivity index (χ3v) is 4.12. The number of amides is 1. The second-order valence-electron chi connectivity index (χ2n) is 5.04. The van der Waals surface area contributed by atoms with Crippen LogP contribution >= 0.6 is 15.9 Å². The van der Waals surface area contributed by atoms with Gasteiger partial charge in [0.1, 0.15) is 0 Å². The third kappa shape index (κ3) is 3.37. The third-order valence-electron chi connectivity index (χ3n) is 3.63. The first kappa shape index (κ1) is 15.0. The van der Waals surface area contributed by atoms with Crippen LogP contribution in [0.3, 0.4) is 0 Å². The van der Waals surface area contributed by atoms with Gasteiger partial charge in [-0.25, -0.2) is 4.79 Å². The molecule has 0 aliphatic heterocycles. The van der Waals surface area contributed by atoms with Crippen LogP contribution in [0, 0.1) is 5.92 Å². The van der Waals surface area contributed by atoms with Crippen molar-refractivity contribution in [3.63, 3.8) is 0 Å². The van der Waals surface area contributed by atoms with E-state index in [-0.39, 0.29) is 23.4 Å². The Morgan fingerprint density at radius 2 is 2.00 bits per heavy atom. The SMILES string of the molecule is NC1CCCCC1C(=O)Nc1ccc(Br)cc1C(=O)O. The molecule has 1 amide bonds. The van der Waals surface area contributed by atoms with Gasteiger partial charge in [0.2, 0.25) is 5.91 Å². The fraction of sp³-hybridized carbons (Fsp3) is 0.429. The molecule has 0 bridgehead atoms. The van der Waals surface area contributed by atoms with Crippen molar-refractivity contribution in [2.75, 3.05) is 5.32 Å². The maximum Gasteiger partial charge on any atom is 0.337 e. The Labute approximate surface area is 125 Å². The monoisotopic (exact) mass is 340 g/mol. The summed E-state index contributed by atoms with van der Waals surface area (Å²) in [7, 11) is 0. The molecular weight excluding hydrogens is 324 g/mol. The fourth-order valence-electron chi connectivity index (χ4n) is 2.51. The molecule has 20 heavy (non-hydrogen) atoms. The Balaban J connectivity index is 2.17. The van der Waals surface area contributed by atoms with E-state index < -0.39 is 5.97 Å². The summed E-state index contributed by atoms with van der Waals surface area (Å²) < 4.78 is 0.655. The first-order valence-corrected chi connectivity index (χ1v) is 7.37. The summed E-state index contributed by atoms with van der Waals surface area (Å²) in [6.07, 6.45) is 3.62. The van der Waals surface area contributed by atoms with Gasteiger partial charge in [-0.1, -0.05) is 28.8 Å². The number of hydrogen-bond acceptors (Lipinski definition) is 3. The average Bonchev–Trinajstić information content (AvgIpc) is 2.41. The molecule has 1 aliphatic carbocycles. The van der Waals surface area contributed by atoms with Crippen LogP contribution in [0.25, 0.3) is 0 Å². The van der Waals surface area contributed by atoms with Crippen LogP contribution in [-0.2, 0) is 4.79 Å². The lowest BCUT2D eigenvalue weighted by atomic mass is 9.84. The molecule has 108 valence electrons. The molecule has 5 nitrogen and oxygen atoms in total. The second kappa shape index (κ2) is 6.37. The summed E-state index contributed by atoms with van der Waals surface area (Å²) in [5.74, 6) is -1.51. The fourth-order valence-corrected chi connectivity index (χ4v) is 2.87. The summed E-state index contributed by atoms with van der Waals surface area (Å²) >= 11 is 3.22. The minimum atomic E-state index is -1.07. The number of nitrogens with one attached hydrogen (secondary N) is 1. The largest absolute Gasteiger partial charge is 0.478 e. The van der Waals surface area contributed by atoms with Crippen molar-refractivity contribution < 1.29 is 14.7 Å². The van der Waals surface area contributed by atoms with Crippen LogP contribution in [0.15, 0.2) is 22.7 Å². The molecule has 0 radical (unpaired) electrons. The van der Waals surface area contributed by atoms with Crippen LogP contribution in [-0.4, -0.2) is 23.0 Å². The predicted molar refractivity (Wildman–Crippen MR) is 79.7 cm³/mol. The first-order chi connectivity index (χ1) is 9.49. The molecule has 2 unspecified atom stereocenters. The zero-order valence-electron chi connectivity index (χ0n) is 10.9. The van der Waals surface area contributed by atoms with Crippen LogP contribution in [0.2, 0.25) is 0 Å². The molecule has 0 saturated heterocycles. The van der Waals surface area contributed by atoms with E-state index in [9.17, 15) is 9.59 Å². The number of aromatic carboxylic acids is 1. The number of nitrogens with two attached hydrogens (primary N) is 1. The number of carboxylic acids is 1. The Morgan fingerprint density at radius 3 is 2.65 bits per heavy atom. The number of carbonyl (C=O) groups excluding carboxylic acids is 1. The van der Waals surface area contributed by atoms with Gasteiger partial charge in [-0.3, -0.25) is 4.79 Å². The van der Waals surface area contributed by atoms with Crippen LogP contribution in [0.1, 0.15) is 36.0 Å². The molecule has 2 atom stereocenters. The van der Waals surface area contributed by atoms with Gasteiger partial charge in [0.05, 0.1) is 17.2 Å². The van der Waals surface area contributed by atoms with E-state index in [2.05, 4.69) is 21.2 Å². The molecule has 1 aromatic rings. The molecule has 1 saturated carbocycles. The summed E-state index contributed by atoms with van der Waals surface area (Å²) in [6.45, 7) is 0. The van der Waals surface area contributed by atoms with E-state index in [1.54, 1.807) is 12.1 Å². The number of benzene rings is 1. The Bertz CT molecular complexity index is 533. The summed E-state index contributed by atoms with van der Waals surface area (Å²) in [4.78, 5) is 23.4. The minimum absolute atomic E-state index is 0.0668. The van der Waals surface area contributed by atoms with E-state index in [1.165, 1.54) is 6.07 Å². The topological polar surface area (TPSA) is 92.4 Å². The molecule has 2 rings (SSSR count). The smallest absolute Gasteiger partial charge is 0.337 e. The lowest BCUT2D eigenvalue weighted by Crippen LogP contribution is -2.40. The first-order valence-electron chi connectivity index (χ1n) is 6.58. The van der Waals surface area contributed by atoms with E-state index >= 15 is 0 Å². The minimum Gasteiger partial charge on any atom is -0.478 e. The number of carbonyl (C=O) groups is 2. The lowest BCUT2D eigenvalue weighted by molar-refractivity contribution is -0.121. The van der Waals surface area contributed by atoms with E-state index in [4.69, 9.17) is 10.8 Å². The van der Waals surface area contributed by atoms with Gasteiger partial charge in [-0.15, -0.1) is 0 Å². The normalized spacial score (nSPS) is 22.3.